The smallest absolute Gasteiger partial charge is 0.338 e. The van der Waals surface area contributed by atoms with Crippen LogP contribution < -0.4 is 10.6 Å². The van der Waals surface area contributed by atoms with Gasteiger partial charge in [0, 0.05) is 50.0 Å². The molecule has 2 aromatic carbocycles. The lowest BCUT2D eigenvalue weighted by atomic mass is 10.0. The van der Waals surface area contributed by atoms with Crippen molar-refractivity contribution in [3.05, 3.63) is 71.5 Å². The molecule has 0 bridgehead atoms. The first-order valence-corrected chi connectivity index (χ1v) is 12.0. The number of anilines is 4. The first-order valence-electron chi connectivity index (χ1n) is 12.0. The van der Waals surface area contributed by atoms with E-state index in [1.807, 2.05) is 32.2 Å². The van der Waals surface area contributed by atoms with E-state index in [1.54, 1.807) is 18.3 Å². The largest absolute Gasteiger partial charge is 0.416 e. The minimum absolute atomic E-state index is 0.174. The molecule has 37 heavy (non-hydrogen) atoms. The van der Waals surface area contributed by atoms with Crippen molar-refractivity contribution in [1.29, 1.82) is 0 Å². The van der Waals surface area contributed by atoms with Crippen molar-refractivity contribution in [2.75, 3.05) is 43.9 Å². The second kappa shape index (κ2) is 10.3. The van der Waals surface area contributed by atoms with E-state index in [0.29, 0.717) is 11.5 Å². The van der Waals surface area contributed by atoms with Crippen molar-refractivity contribution in [3.8, 4) is 0 Å². The molecule has 0 radical (unpaired) electrons. The average molecular weight is 509 g/mol. The molecule has 3 heterocycles. The van der Waals surface area contributed by atoms with Gasteiger partial charge in [0.25, 0.3) is 0 Å². The Kier molecular flexibility index (Phi) is 6.90. The van der Waals surface area contributed by atoms with Gasteiger partial charge in [0.15, 0.2) is 0 Å². The van der Waals surface area contributed by atoms with Gasteiger partial charge in [-0.3, -0.25) is 4.90 Å². The molecular weight excluding hydrogens is 481 g/mol. The second-order valence-corrected chi connectivity index (χ2v) is 9.19. The Hall–Kier alpha value is -3.83. The molecule has 1 saturated heterocycles. The Morgan fingerprint density at radius 2 is 1.81 bits per heavy atom. The van der Waals surface area contributed by atoms with E-state index in [0.717, 1.165) is 48.7 Å². The SMILES string of the molecule is Cc1cccc2c(Nc3ccnc(Nc4ccc(CN5CCN(C)CC5)c(C(F)(F)F)c4)n3)cnnc12. The molecule has 0 unspecified atom stereocenters. The van der Waals surface area contributed by atoms with Gasteiger partial charge < -0.3 is 15.5 Å². The number of rotatable bonds is 6. The number of hydrogen-bond donors (Lipinski definition) is 2. The normalized spacial score (nSPS) is 15.2. The summed E-state index contributed by atoms with van der Waals surface area (Å²) in [5, 5.41) is 15.3. The van der Waals surface area contributed by atoms with Crippen LogP contribution in [0.15, 0.2) is 54.9 Å². The summed E-state index contributed by atoms with van der Waals surface area (Å²) in [6.45, 7) is 5.37. The van der Waals surface area contributed by atoms with Gasteiger partial charge in [0.05, 0.1) is 23.0 Å². The molecule has 8 nitrogen and oxygen atoms in total. The molecule has 2 aromatic heterocycles. The second-order valence-electron chi connectivity index (χ2n) is 9.19. The van der Waals surface area contributed by atoms with Crippen molar-refractivity contribution in [2.24, 2.45) is 0 Å². The fourth-order valence-electron chi connectivity index (χ4n) is 4.38. The Bertz CT molecular complexity index is 1400. The van der Waals surface area contributed by atoms with Crippen LogP contribution in [0.25, 0.3) is 10.9 Å². The molecule has 0 saturated carbocycles. The summed E-state index contributed by atoms with van der Waals surface area (Å²) in [7, 11) is 2.02. The summed E-state index contributed by atoms with van der Waals surface area (Å²) in [4.78, 5) is 12.8. The van der Waals surface area contributed by atoms with Crippen molar-refractivity contribution >= 4 is 34.0 Å². The lowest BCUT2D eigenvalue weighted by molar-refractivity contribution is -0.138. The maximum absolute atomic E-state index is 13.9. The third-order valence-electron chi connectivity index (χ3n) is 6.45. The van der Waals surface area contributed by atoms with Gasteiger partial charge >= 0.3 is 6.18 Å². The number of nitrogens with zero attached hydrogens (tertiary/aromatic N) is 6. The lowest BCUT2D eigenvalue weighted by Gasteiger charge is -2.33. The molecule has 2 N–H and O–H groups in total. The lowest BCUT2D eigenvalue weighted by Crippen LogP contribution is -2.44. The molecule has 0 amide bonds. The fraction of sp³-hybridized carbons (Fsp3) is 0.308. The van der Waals surface area contributed by atoms with Gasteiger partial charge in [0.1, 0.15) is 5.82 Å². The van der Waals surface area contributed by atoms with Gasteiger partial charge in [0.2, 0.25) is 5.95 Å². The van der Waals surface area contributed by atoms with E-state index in [-0.39, 0.29) is 23.7 Å². The molecule has 0 aliphatic carbocycles. The Morgan fingerprint density at radius 3 is 2.59 bits per heavy atom. The van der Waals surface area contributed by atoms with Gasteiger partial charge in [-0.1, -0.05) is 24.3 Å². The first kappa shape index (κ1) is 24.8. The van der Waals surface area contributed by atoms with Crippen molar-refractivity contribution in [3.63, 3.8) is 0 Å². The zero-order chi connectivity index (χ0) is 26.0. The van der Waals surface area contributed by atoms with Gasteiger partial charge in [-0.05, 0) is 43.3 Å². The molecule has 1 aliphatic heterocycles. The number of nitrogens with one attached hydrogen (secondary N) is 2. The summed E-state index contributed by atoms with van der Waals surface area (Å²) >= 11 is 0. The highest BCUT2D eigenvalue weighted by Gasteiger charge is 2.34. The van der Waals surface area contributed by atoms with Crippen molar-refractivity contribution in [1.82, 2.24) is 30.0 Å². The molecule has 192 valence electrons. The van der Waals surface area contributed by atoms with Crippen LogP contribution >= 0.6 is 0 Å². The zero-order valence-corrected chi connectivity index (χ0v) is 20.5. The summed E-state index contributed by atoms with van der Waals surface area (Å²) in [5.41, 5.74) is 2.34. The number of likely N-dealkylation sites (N-methyl/N-ethyl adjacent to an activating group) is 1. The zero-order valence-electron chi connectivity index (χ0n) is 20.5. The number of aromatic nitrogens is 4. The van der Waals surface area contributed by atoms with E-state index in [9.17, 15) is 13.2 Å². The molecule has 0 atom stereocenters. The van der Waals surface area contributed by atoms with Crippen LogP contribution in [0, 0.1) is 6.92 Å². The van der Waals surface area contributed by atoms with E-state index in [4.69, 9.17) is 0 Å². The summed E-state index contributed by atoms with van der Waals surface area (Å²) in [5.74, 6) is 0.642. The minimum atomic E-state index is -4.47. The highest BCUT2D eigenvalue weighted by atomic mass is 19.4. The first-order chi connectivity index (χ1) is 17.8. The molecule has 1 aliphatic rings. The van der Waals surface area contributed by atoms with Crippen LogP contribution in [0.1, 0.15) is 16.7 Å². The summed E-state index contributed by atoms with van der Waals surface area (Å²) < 4.78 is 41.8. The van der Waals surface area contributed by atoms with E-state index in [2.05, 4.69) is 40.6 Å². The predicted molar refractivity (Wildman–Crippen MR) is 137 cm³/mol. The Morgan fingerprint density at radius 1 is 1.00 bits per heavy atom. The topological polar surface area (TPSA) is 82.1 Å². The monoisotopic (exact) mass is 508 g/mol. The molecule has 4 aromatic rings. The Labute approximate surface area is 212 Å². The molecule has 11 heteroatoms. The van der Waals surface area contributed by atoms with E-state index in [1.165, 1.54) is 12.3 Å². The number of benzene rings is 2. The summed E-state index contributed by atoms with van der Waals surface area (Å²) in [6.07, 6.45) is -1.34. The maximum atomic E-state index is 13.9. The average Bonchev–Trinajstić information content (AvgIpc) is 2.87. The number of fused-ring (bicyclic) bond motifs is 1. The van der Waals surface area contributed by atoms with Gasteiger partial charge in [-0.25, -0.2) is 4.98 Å². The maximum Gasteiger partial charge on any atom is 0.416 e. The van der Waals surface area contributed by atoms with Crippen molar-refractivity contribution < 1.29 is 13.2 Å². The van der Waals surface area contributed by atoms with Crippen LogP contribution in [-0.2, 0) is 12.7 Å². The summed E-state index contributed by atoms with van der Waals surface area (Å²) in [6, 6.07) is 11.8. The molecule has 5 rings (SSSR count). The van der Waals surface area contributed by atoms with Gasteiger partial charge in [-0.15, -0.1) is 0 Å². The van der Waals surface area contributed by atoms with E-state index >= 15 is 0 Å². The Balaban J connectivity index is 1.36. The van der Waals surface area contributed by atoms with Crippen LogP contribution in [0.3, 0.4) is 0 Å². The van der Waals surface area contributed by atoms with Crippen LogP contribution in [0.4, 0.5) is 36.3 Å². The highest BCUT2D eigenvalue weighted by Crippen LogP contribution is 2.35. The van der Waals surface area contributed by atoms with Gasteiger partial charge in [-0.2, -0.15) is 28.4 Å². The third kappa shape index (κ3) is 5.78. The number of halogens is 3. The highest BCUT2D eigenvalue weighted by molar-refractivity contribution is 5.93. The molecule has 0 spiro atoms. The van der Waals surface area contributed by atoms with Crippen LogP contribution in [-0.4, -0.2) is 63.2 Å². The molecular formula is C26H27F3N8. The quantitative estimate of drug-likeness (QED) is 0.377. The van der Waals surface area contributed by atoms with Crippen molar-refractivity contribution in [2.45, 2.75) is 19.6 Å². The standard InChI is InChI=1S/C26H27F3N8/c1-17-4-3-5-20-22(15-31-35-24(17)20)33-23-8-9-30-25(34-23)32-19-7-6-18(21(14-19)26(27,28)29)16-37-12-10-36(2)11-13-37/h3-9,14-15H,10-13,16H2,1-2H3,(H2,30,32,33,34,35). The number of alkyl halides is 3. The fourth-order valence-corrected chi connectivity index (χ4v) is 4.38. The minimum Gasteiger partial charge on any atom is -0.338 e. The number of aryl methyl sites for hydroxylation is 1. The predicted octanol–water partition coefficient (Wildman–Crippen LogP) is 4.98. The van der Waals surface area contributed by atoms with Crippen LogP contribution in [0.5, 0.6) is 0 Å². The number of piperazine rings is 1. The van der Waals surface area contributed by atoms with Crippen LogP contribution in [0.2, 0.25) is 0 Å². The van der Waals surface area contributed by atoms with E-state index < -0.39 is 11.7 Å². The molecule has 1 fully saturated rings. The third-order valence-corrected chi connectivity index (χ3v) is 6.45. The number of hydrogen-bond acceptors (Lipinski definition) is 8.